The summed E-state index contributed by atoms with van der Waals surface area (Å²) in [5, 5.41) is 9.02. The van der Waals surface area contributed by atoms with E-state index in [0.717, 1.165) is 25.0 Å². The molecule has 0 bridgehead atoms. The number of carboxylic acid groups (broad SMARTS) is 1. The second-order valence-corrected chi connectivity index (χ2v) is 5.41. The van der Waals surface area contributed by atoms with E-state index in [4.69, 9.17) is 10.8 Å². The third-order valence-electron chi connectivity index (χ3n) is 3.90. The van der Waals surface area contributed by atoms with Crippen LogP contribution in [0.1, 0.15) is 38.2 Å². The van der Waals surface area contributed by atoms with E-state index in [1.807, 2.05) is 6.92 Å². The summed E-state index contributed by atoms with van der Waals surface area (Å²) >= 11 is 0. The van der Waals surface area contributed by atoms with Gasteiger partial charge >= 0.3 is 5.97 Å². The molecule has 0 aliphatic rings. The summed E-state index contributed by atoms with van der Waals surface area (Å²) in [5.74, 6) is -1.98. The molecule has 5 heteroatoms. The summed E-state index contributed by atoms with van der Waals surface area (Å²) in [5.41, 5.74) is 5.83. The van der Waals surface area contributed by atoms with Gasteiger partial charge in [-0.05, 0) is 48.9 Å². The van der Waals surface area contributed by atoms with Crippen molar-refractivity contribution in [3.05, 3.63) is 35.4 Å². The highest BCUT2D eigenvalue weighted by Gasteiger charge is 2.20. The highest BCUT2D eigenvalue weighted by atomic mass is 19.1. The van der Waals surface area contributed by atoms with Crippen molar-refractivity contribution >= 4 is 5.97 Å². The van der Waals surface area contributed by atoms with Gasteiger partial charge in [-0.3, -0.25) is 4.79 Å². The van der Waals surface area contributed by atoms with Crippen LogP contribution in [0.2, 0.25) is 0 Å². The minimum absolute atomic E-state index is 0.129. The minimum atomic E-state index is -0.868. The Morgan fingerprint density at radius 1 is 1.38 bits per heavy atom. The molecule has 3 N–H and O–H groups in total. The maximum absolute atomic E-state index is 13.5. The monoisotopic (exact) mass is 299 g/mol. The number of carboxylic acids is 1. The Bertz CT molecular complexity index is 466. The van der Waals surface area contributed by atoms with Crippen LogP contribution in [0.4, 0.5) is 8.78 Å². The van der Waals surface area contributed by atoms with Gasteiger partial charge in [0, 0.05) is 6.54 Å². The topological polar surface area (TPSA) is 63.3 Å². The van der Waals surface area contributed by atoms with E-state index in [2.05, 4.69) is 0 Å². The lowest BCUT2D eigenvalue weighted by Crippen LogP contribution is -2.25. The number of rotatable bonds is 9. The van der Waals surface area contributed by atoms with Gasteiger partial charge in [-0.25, -0.2) is 8.78 Å². The smallest absolute Gasteiger partial charge is 0.307 e. The van der Waals surface area contributed by atoms with Gasteiger partial charge in [0.25, 0.3) is 0 Å². The number of hydrogen-bond donors (Lipinski definition) is 2. The fraction of sp³-hybridized carbons (Fsp3) is 0.562. The van der Waals surface area contributed by atoms with Crippen LogP contribution in [0, 0.1) is 23.5 Å². The van der Waals surface area contributed by atoms with Gasteiger partial charge in [-0.2, -0.15) is 0 Å². The highest BCUT2D eigenvalue weighted by Crippen LogP contribution is 2.22. The van der Waals surface area contributed by atoms with Gasteiger partial charge in [0.15, 0.2) is 0 Å². The van der Waals surface area contributed by atoms with Crippen LogP contribution in [-0.2, 0) is 11.2 Å². The van der Waals surface area contributed by atoms with Crippen LogP contribution in [0.25, 0.3) is 0 Å². The molecule has 0 spiro atoms. The number of carbonyl (C=O) groups is 1. The molecule has 1 aromatic carbocycles. The van der Waals surface area contributed by atoms with E-state index >= 15 is 0 Å². The first-order valence-electron chi connectivity index (χ1n) is 7.34. The molecule has 0 heterocycles. The molecule has 2 unspecified atom stereocenters. The van der Waals surface area contributed by atoms with E-state index in [9.17, 15) is 13.6 Å². The Balaban J connectivity index is 2.48. The lowest BCUT2D eigenvalue weighted by Gasteiger charge is -2.18. The van der Waals surface area contributed by atoms with Crippen LogP contribution >= 0.6 is 0 Å². The van der Waals surface area contributed by atoms with Crippen LogP contribution < -0.4 is 5.73 Å². The van der Waals surface area contributed by atoms with Crippen molar-refractivity contribution in [2.75, 3.05) is 6.54 Å². The van der Waals surface area contributed by atoms with E-state index in [-0.39, 0.29) is 12.5 Å². The number of benzene rings is 1. The zero-order valence-corrected chi connectivity index (χ0v) is 12.3. The summed E-state index contributed by atoms with van der Waals surface area (Å²) in [4.78, 5) is 11.0. The largest absolute Gasteiger partial charge is 0.481 e. The third kappa shape index (κ3) is 5.79. The van der Waals surface area contributed by atoms with Gasteiger partial charge in [-0.15, -0.1) is 0 Å². The van der Waals surface area contributed by atoms with E-state index in [1.165, 1.54) is 6.07 Å². The van der Waals surface area contributed by atoms with Crippen molar-refractivity contribution < 1.29 is 18.7 Å². The maximum atomic E-state index is 13.5. The van der Waals surface area contributed by atoms with E-state index in [1.54, 1.807) is 0 Å². The summed E-state index contributed by atoms with van der Waals surface area (Å²) in [6.07, 6.45) is 3.34. The number of hydrogen-bond acceptors (Lipinski definition) is 2. The second-order valence-electron chi connectivity index (χ2n) is 5.41. The summed E-state index contributed by atoms with van der Waals surface area (Å²) in [6.45, 7) is 2.13. The Hall–Kier alpha value is -1.49. The molecule has 3 nitrogen and oxygen atoms in total. The Morgan fingerprint density at radius 3 is 2.67 bits per heavy atom. The molecule has 0 saturated carbocycles. The van der Waals surface area contributed by atoms with E-state index < -0.39 is 23.5 Å². The van der Waals surface area contributed by atoms with Crippen LogP contribution in [-0.4, -0.2) is 17.6 Å². The van der Waals surface area contributed by atoms with Crippen molar-refractivity contribution in [3.8, 4) is 0 Å². The van der Waals surface area contributed by atoms with Crippen molar-refractivity contribution in [1.82, 2.24) is 0 Å². The first-order valence-corrected chi connectivity index (χ1v) is 7.34. The molecule has 2 atom stereocenters. The van der Waals surface area contributed by atoms with Gasteiger partial charge in [0.2, 0.25) is 0 Å². The molecular weight excluding hydrogens is 276 g/mol. The lowest BCUT2D eigenvalue weighted by molar-refractivity contribution is -0.142. The molecule has 21 heavy (non-hydrogen) atoms. The maximum Gasteiger partial charge on any atom is 0.307 e. The molecule has 1 rings (SSSR count). The standard InChI is InChI=1S/C16H23F2NO2/c1-2-11(8-13(10-19)16(20)21)4-3-5-12-9-14(17)6-7-15(12)18/h6-7,9,11,13H,2-5,8,10,19H2,1H3,(H,20,21). The number of halogens is 2. The Morgan fingerprint density at radius 2 is 2.10 bits per heavy atom. The lowest BCUT2D eigenvalue weighted by atomic mass is 9.88. The number of nitrogens with two attached hydrogens (primary N) is 1. The second kappa shape index (κ2) is 8.72. The molecule has 1 aromatic rings. The third-order valence-corrected chi connectivity index (χ3v) is 3.90. The summed E-state index contributed by atoms with van der Waals surface area (Å²) in [7, 11) is 0. The molecule has 0 fully saturated rings. The van der Waals surface area contributed by atoms with Gasteiger partial charge in [-0.1, -0.05) is 19.8 Å². The molecule has 0 aliphatic heterocycles. The first kappa shape index (κ1) is 17.6. The average molecular weight is 299 g/mol. The SMILES string of the molecule is CCC(CCCc1cc(F)ccc1F)CC(CN)C(=O)O. The first-order chi connectivity index (χ1) is 9.97. The van der Waals surface area contributed by atoms with Crippen molar-refractivity contribution in [2.45, 2.75) is 39.0 Å². The minimum Gasteiger partial charge on any atom is -0.481 e. The van der Waals surface area contributed by atoms with Gasteiger partial charge in [0.1, 0.15) is 11.6 Å². The van der Waals surface area contributed by atoms with Gasteiger partial charge < -0.3 is 10.8 Å². The van der Waals surface area contributed by atoms with Crippen LogP contribution in [0.15, 0.2) is 18.2 Å². The van der Waals surface area contributed by atoms with E-state index in [0.29, 0.717) is 24.8 Å². The molecule has 0 aliphatic carbocycles. The molecule has 0 radical (unpaired) electrons. The molecular formula is C16H23F2NO2. The predicted octanol–water partition coefficient (Wildman–Crippen LogP) is 3.36. The van der Waals surface area contributed by atoms with Crippen LogP contribution in [0.5, 0.6) is 0 Å². The average Bonchev–Trinajstić information content (AvgIpc) is 2.45. The normalized spacial score (nSPS) is 13.9. The zero-order valence-electron chi connectivity index (χ0n) is 12.3. The Kier molecular flexibility index (Phi) is 7.29. The fourth-order valence-corrected chi connectivity index (χ4v) is 2.50. The number of aliphatic carboxylic acids is 1. The predicted molar refractivity (Wildman–Crippen MR) is 77.9 cm³/mol. The van der Waals surface area contributed by atoms with Crippen molar-refractivity contribution in [2.24, 2.45) is 17.6 Å². The molecule has 0 aromatic heterocycles. The van der Waals surface area contributed by atoms with Crippen molar-refractivity contribution in [1.29, 1.82) is 0 Å². The fourth-order valence-electron chi connectivity index (χ4n) is 2.50. The van der Waals surface area contributed by atoms with Crippen molar-refractivity contribution in [3.63, 3.8) is 0 Å². The molecule has 118 valence electrons. The highest BCUT2D eigenvalue weighted by molar-refractivity contribution is 5.70. The molecule has 0 amide bonds. The summed E-state index contributed by atoms with van der Waals surface area (Å²) in [6, 6.07) is 3.46. The molecule has 0 saturated heterocycles. The zero-order chi connectivity index (χ0) is 15.8. The Labute approximate surface area is 124 Å². The summed E-state index contributed by atoms with van der Waals surface area (Å²) < 4.78 is 26.5. The number of aryl methyl sites for hydroxylation is 1. The van der Waals surface area contributed by atoms with Crippen LogP contribution in [0.3, 0.4) is 0 Å². The van der Waals surface area contributed by atoms with Gasteiger partial charge in [0.05, 0.1) is 5.92 Å². The quantitative estimate of drug-likeness (QED) is 0.735.